The van der Waals surface area contributed by atoms with Crippen LogP contribution in [0.5, 0.6) is 0 Å². The molecule has 0 aromatic heterocycles. The van der Waals surface area contributed by atoms with Crippen molar-refractivity contribution in [2.24, 2.45) is 5.92 Å². The second kappa shape index (κ2) is 5.21. The third-order valence-electron chi connectivity index (χ3n) is 4.85. The Morgan fingerprint density at radius 1 is 1.30 bits per heavy atom. The van der Waals surface area contributed by atoms with Crippen molar-refractivity contribution in [1.82, 2.24) is 4.90 Å². The Bertz CT molecular complexity index is 674. The standard InChI is InChI=1S/C15H15F3N2O3/c1-8-4-9-6-19(14(21)15(16,17)18)7-13(8)12-5-10(20(22)23)2-3-11(9)12/h2-3,5,8-9,13H,4,6-7H2,1H3. The van der Waals surface area contributed by atoms with E-state index in [4.69, 9.17) is 0 Å². The Hall–Kier alpha value is -2.12. The highest BCUT2D eigenvalue weighted by molar-refractivity contribution is 5.82. The Morgan fingerprint density at radius 2 is 2.00 bits per heavy atom. The van der Waals surface area contributed by atoms with Gasteiger partial charge < -0.3 is 4.90 Å². The lowest BCUT2D eigenvalue weighted by molar-refractivity contribution is -0.385. The van der Waals surface area contributed by atoms with Crippen molar-refractivity contribution in [3.05, 3.63) is 39.4 Å². The van der Waals surface area contributed by atoms with E-state index in [2.05, 4.69) is 0 Å². The molecule has 0 N–H and O–H groups in total. The van der Waals surface area contributed by atoms with Gasteiger partial charge in [0.05, 0.1) is 4.92 Å². The summed E-state index contributed by atoms with van der Waals surface area (Å²) in [4.78, 5) is 22.9. The highest BCUT2D eigenvalue weighted by Gasteiger charge is 2.47. The zero-order valence-corrected chi connectivity index (χ0v) is 12.3. The molecule has 3 aliphatic rings. The van der Waals surface area contributed by atoms with Crippen LogP contribution in [0.1, 0.15) is 36.3 Å². The monoisotopic (exact) mass is 328 g/mol. The largest absolute Gasteiger partial charge is 0.471 e. The van der Waals surface area contributed by atoms with E-state index in [0.29, 0.717) is 12.0 Å². The molecule has 3 atom stereocenters. The zero-order chi connectivity index (χ0) is 16.9. The summed E-state index contributed by atoms with van der Waals surface area (Å²) in [6.07, 6.45) is -4.22. The molecule has 0 radical (unpaired) electrons. The van der Waals surface area contributed by atoms with Gasteiger partial charge in [-0.25, -0.2) is 0 Å². The number of nitrogens with zero attached hydrogens (tertiary/aromatic N) is 2. The molecule has 1 aromatic rings. The first kappa shape index (κ1) is 15.8. The molecule has 1 fully saturated rings. The summed E-state index contributed by atoms with van der Waals surface area (Å²) in [7, 11) is 0. The maximum Gasteiger partial charge on any atom is 0.471 e. The number of nitro benzene ring substituents is 1. The van der Waals surface area contributed by atoms with Crippen molar-refractivity contribution in [2.45, 2.75) is 31.4 Å². The normalized spacial score (nSPS) is 26.6. The number of hydrogen-bond donors (Lipinski definition) is 0. The van der Waals surface area contributed by atoms with Gasteiger partial charge in [-0.2, -0.15) is 13.2 Å². The summed E-state index contributed by atoms with van der Waals surface area (Å²) < 4.78 is 38.3. The van der Waals surface area contributed by atoms with Crippen molar-refractivity contribution < 1.29 is 22.9 Å². The minimum atomic E-state index is -4.90. The van der Waals surface area contributed by atoms with Crippen LogP contribution in [0.3, 0.4) is 0 Å². The first-order chi connectivity index (χ1) is 10.7. The van der Waals surface area contributed by atoms with E-state index >= 15 is 0 Å². The molecule has 2 aliphatic heterocycles. The van der Waals surface area contributed by atoms with E-state index in [0.717, 1.165) is 10.5 Å². The number of alkyl halides is 3. The van der Waals surface area contributed by atoms with Gasteiger partial charge in [0.2, 0.25) is 0 Å². The summed E-state index contributed by atoms with van der Waals surface area (Å²) in [5.74, 6) is -2.29. The van der Waals surface area contributed by atoms with E-state index in [-0.39, 0.29) is 36.5 Å². The number of halogens is 3. The molecule has 1 aliphatic carbocycles. The third kappa shape index (κ3) is 2.66. The van der Waals surface area contributed by atoms with Crippen LogP contribution in [0.15, 0.2) is 18.2 Å². The molecule has 1 saturated heterocycles. The maximum atomic E-state index is 12.8. The number of benzene rings is 1. The Morgan fingerprint density at radius 3 is 2.61 bits per heavy atom. The van der Waals surface area contributed by atoms with E-state index in [1.165, 1.54) is 12.1 Å². The smallest absolute Gasteiger partial charge is 0.334 e. The Kier molecular flexibility index (Phi) is 3.57. The molecule has 2 bridgehead atoms. The van der Waals surface area contributed by atoms with Crippen molar-refractivity contribution in [2.75, 3.05) is 13.1 Å². The number of rotatable bonds is 1. The fourth-order valence-electron chi connectivity index (χ4n) is 3.79. The van der Waals surface area contributed by atoms with Crippen LogP contribution >= 0.6 is 0 Å². The first-order valence-corrected chi connectivity index (χ1v) is 7.32. The van der Waals surface area contributed by atoms with Crippen molar-refractivity contribution >= 4 is 11.6 Å². The average molecular weight is 328 g/mol. The molecular weight excluding hydrogens is 313 g/mol. The summed E-state index contributed by atoms with van der Waals surface area (Å²) in [6.45, 7) is 1.87. The number of fused-ring (bicyclic) bond motifs is 3. The van der Waals surface area contributed by atoms with E-state index < -0.39 is 17.0 Å². The third-order valence-corrected chi connectivity index (χ3v) is 4.85. The highest BCUT2D eigenvalue weighted by atomic mass is 19.4. The van der Waals surface area contributed by atoms with Gasteiger partial charge in [-0.1, -0.05) is 13.0 Å². The minimum absolute atomic E-state index is 0.00396. The lowest BCUT2D eigenvalue weighted by Crippen LogP contribution is -2.43. The van der Waals surface area contributed by atoms with Gasteiger partial charge in [-0.15, -0.1) is 0 Å². The van der Waals surface area contributed by atoms with E-state index in [1.54, 1.807) is 6.07 Å². The summed E-state index contributed by atoms with van der Waals surface area (Å²) >= 11 is 0. The van der Waals surface area contributed by atoms with Gasteiger partial charge in [-0.05, 0) is 23.5 Å². The lowest BCUT2D eigenvalue weighted by Gasteiger charge is -2.31. The molecule has 23 heavy (non-hydrogen) atoms. The van der Waals surface area contributed by atoms with Crippen molar-refractivity contribution in [3.63, 3.8) is 0 Å². The summed E-state index contributed by atoms with van der Waals surface area (Å²) in [5.41, 5.74) is 1.47. The number of carbonyl (C=O) groups is 1. The fraction of sp³-hybridized carbons (Fsp3) is 0.533. The predicted molar refractivity (Wildman–Crippen MR) is 75.0 cm³/mol. The lowest BCUT2D eigenvalue weighted by atomic mass is 9.72. The van der Waals surface area contributed by atoms with Gasteiger partial charge in [-0.3, -0.25) is 14.9 Å². The molecular formula is C15H15F3N2O3. The van der Waals surface area contributed by atoms with Gasteiger partial charge in [0, 0.05) is 37.1 Å². The second-order valence-corrected chi connectivity index (χ2v) is 6.29. The maximum absolute atomic E-state index is 12.8. The van der Waals surface area contributed by atoms with Gasteiger partial charge in [0.15, 0.2) is 0 Å². The van der Waals surface area contributed by atoms with Gasteiger partial charge in [0.1, 0.15) is 0 Å². The van der Waals surface area contributed by atoms with Crippen LogP contribution in [0, 0.1) is 16.0 Å². The number of non-ortho nitro benzene ring substituents is 1. The number of nitro groups is 1. The fourth-order valence-corrected chi connectivity index (χ4v) is 3.79. The van der Waals surface area contributed by atoms with Crippen LogP contribution in [0.2, 0.25) is 0 Å². The number of amides is 1. The van der Waals surface area contributed by atoms with Crippen molar-refractivity contribution in [1.29, 1.82) is 0 Å². The predicted octanol–water partition coefficient (Wildman–Crippen LogP) is 3.21. The molecule has 0 spiro atoms. The second-order valence-electron chi connectivity index (χ2n) is 6.29. The Balaban J connectivity index is 2.01. The molecule has 4 rings (SSSR count). The number of hydrogen-bond acceptors (Lipinski definition) is 3. The molecule has 3 unspecified atom stereocenters. The van der Waals surface area contributed by atoms with Crippen LogP contribution in [0.25, 0.3) is 0 Å². The van der Waals surface area contributed by atoms with Gasteiger partial charge >= 0.3 is 12.1 Å². The topological polar surface area (TPSA) is 63.5 Å². The van der Waals surface area contributed by atoms with Gasteiger partial charge in [0.25, 0.3) is 5.69 Å². The zero-order valence-electron chi connectivity index (χ0n) is 12.3. The molecule has 1 amide bonds. The molecule has 2 heterocycles. The number of carbonyl (C=O) groups excluding carboxylic acids is 1. The highest BCUT2D eigenvalue weighted by Crippen LogP contribution is 2.47. The molecule has 0 saturated carbocycles. The van der Waals surface area contributed by atoms with Crippen LogP contribution in [-0.4, -0.2) is 35.0 Å². The van der Waals surface area contributed by atoms with Crippen LogP contribution in [0.4, 0.5) is 18.9 Å². The summed E-state index contributed by atoms with van der Waals surface area (Å²) in [6, 6.07) is 4.45. The molecule has 5 nitrogen and oxygen atoms in total. The molecule has 124 valence electrons. The van der Waals surface area contributed by atoms with Crippen molar-refractivity contribution in [3.8, 4) is 0 Å². The first-order valence-electron chi connectivity index (χ1n) is 7.32. The molecule has 8 heteroatoms. The van der Waals surface area contributed by atoms with E-state index in [1.807, 2.05) is 6.92 Å². The summed E-state index contributed by atoms with van der Waals surface area (Å²) in [5, 5.41) is 11.0. The molecule has 1 aromatic carbocycles. The van der Waals surface area contributed by atoms with E-state index in [9.17, 15) is 28.1 Å². The van der Waals surface area contributed by atoms with Crippen LogP contribution in [-0.2, 0) is 4.79 Å². The average Bonchev–Trinajstić information content (AvgIpc) is 2.73. The Labute approximate surface area is 130 Å². The minimum Gasteiger partial charge on any atom is -0.334 e. The van der Waals surface area contributed by atoms with Crippen LogP contribution < -0.4 is 0 Å². The SMILES string of the molecule is CC1CC2CN(C(=O)C(F)(F)F)CC1c1cc([N+](=O)[O-])ccc12. The quantitative estimate of drug-likeness (QED) is 0.587.